The molecule has 102 valence electrons. The molecule has 0 unspecified atom stereocenters. The molecule has 0 bridgehead atoms. The van der Waals surface area contributed by atoms with Gasteiger partial charge < -0.3 is 0 Å². The Bertz CT molecular complexity index is 452. The van der Waals surface area contributed by atoms with Crippen LogP contribution in [0.1, 0.15) is 38.5 Å². The first kappa shape index (κ1) is 13.4. The van der Waals surface area contributed by atoms with Crippen LogP contribution >= 0.6 is 0 Å². The topological polar surface area (TPSA) is 9.23 Å². The second-order valence-corrected chi connectivity index (χ2v) is 8.32. The van der Waals surface area contributed by atoms with E-state index in [9.17, 15) is 0 Å². The average Bonchev–Trinajstić information content (AvgIpc) is 2.47. The quantitative estimate of drug-likeness (QED) is 0.612. The van der Waals surface area contributed by atoms with E-state index in [1.165, 1.54) is 43.0 Å². The van der Waals surface area contributed by atoms with Gasteiger partial charge in [-0.2, -0.15) is 0 Å². The van der Waals surface area contributed by atoms with E-state index in [-0.39, 0.29) is 0 Å². The summed E-state index contributed by atoms with van der Waals surface area (Å²) in [6, 6.07) is 11.0. The Hall–Kier alpha value is -0.561. The van der Waals surface area contributed by atoms with Gasteiger partial charge in [-0.3, -0.25) is 0 Å². The molecule has 0 aromatic heterocycles. The molecule has 3 rings (SSSR count). The monoisotopic (exact) mass is 322 g/mol. The van der Waals surface area contributed by atoms with Gasteiger partial charge in [-0.05, 0) is 0 Å². The molecule has 0 spiro atoms. The number of hydrogen-bond acceptors (Lipinski definition) is 1. The Morgan fingerprint density at radius 2 is 1.68 bits per heavy atom. The first-order valence-corrected chi connectivity index (χ1v) is 9.15. The van der Waals surface area contributed by atoms with E-state index < -0.39 is 0 Å². The zero-order chi connectivity index (χ0) is 13.1. The molecule has 0 N–H and O–H groups in total. The summed E-state index contributed by atoms with van der Waals surface area (Å²) < 4.78 is 7.32. The van der Waals surface area contributed by atoms with Crippen molar-refractivity contribution in [2.24, 2.45) is 0 Å². The van der Waals surface area contributed by atoms with Crippen molar-refractivity contribution in [3.63, 3.8) is 0 Å². The first-order valence-electron chi connectivity index (χ1n) is 7.31. The van der Waals surface area contributed by atoms with E-state index in [2.05, 4.69) is 30.3 Å². The van der Waals surface area contributed by atoms with E-state index in [0.717, 1.165) is 4.82 Å². The molecule has 2 aliphatic carbocycles. The van der Waals surface area contributed by atoms with Crippen LogP contribution in [0.4, 0.5) is 0 Å². The van der Waals surface area contributed by atoms with Gasteiger partial charge in [0.1, 0.15) is 0 Å². The second kappa shape index (κ2) is 6.26. The summed E-state index contributed by atoms with van der Waals surface area (Å²) in [5.74, 6) is 0. The molecular weight excluding hydrogens is 299 g/mol. The normalized spacial score (nSPS) is 27.2. The zero-order valence-corrected chi connectivity index (χ0v) is 13.3. The third kappa shape index (κ3) is 3.13. The standard InChI is InChI=1S/C17H22OSe/c1-18-16-11-13-7-5-6-8-14(13)12-17(16)19-15-9-3-2-4-10-15/h2-4,9-10,16-17H,5-8,11-12H2,1H3/t16-,17-/m0/s1. The number of ether oxygens (including phenoxy) is 1. The first-order chi connectivity index (χ1) is 9.36. The molecule has 0 fully saturated rings. The summed E-state index contributed by atoms with van der Waals surface area (Å²) >= 11 is 0.540. The summed E-state index contributed by atoms with van der Waals surface area (Å²) in [5, 5.41) is 0. The summed E-state index contributed by atoms with van der Waals surface area (Å²) in [6.07, 6.45) is 8.43. The SMILES string of the molecule is CO[C@H]1CC2=C(CCCC2)C[C@@H]1[Se]c1ccccc1. The fourth-order valence-electron chi connectivity index (χ4n) is 3.30. The summed E-state index contributed by atoms with van der Waals surface area (Å²) in [6.45, 7) is 0. The maximum atomic E-state index is 5.81. The predicted octanol–water partition coefficient (Wildman–Crippen LogP) is 3.48. The van der Waals surface area contributed by atoms with Crippen LogP contribution in [0.3, 0.4) is 0 Å². The van der Waals surface area contributed by atoms with Crippen LogP contribution in [-0.4, -0.2) is 28.2 Å². The van der Waals surface area contributed by atoms with Crippen LogP contribution in [-0.2, 0) is 4.74 Å². The van der Waals surface area contributed by atoms with Crippen LogP contribution in [0.2, 0.25) is 4.82 Å². The van der Waals surface area contributed by atoms with Gasteiger partial charge in [-0.25, -0.2) is 0 Å². The fraction of sp³-hybridized carbons (Fsp3) is 0.529. The molecule has 2 aliphatic rings. The van der Waals surface area contributed by atoms with Crippen molar-refractivity contribution in [1.29, 1.82) is 0 Å². The van der Waals surface area contributed by atoms with Crippen molar-refractivity contribution in [3.05, 3.63) is 41.5 Å². The van der Waals surface area contributed by atoms with Gasteiger partial charge in [0.05, 0.1) is 0 Å². The molecule has 1 aromatic rings. The molecule has 19 heavy (non-hydrogen) atoms. The fourth-order valence-corrected chi connectivity index (χ4v) is 6.04. The maximum absolute atomic E-state index is 5.81. The molecule has 0 heterocycles. The van der Waals surface area contributed by atoms with Gasteiger partial charge in [0.2, 0.25) is 0 Å². The van der Waals surface area contributed by atoms with E-state index in [1.54, 1.807) is 11.1 Å². The second-order valence-electron chi connectivity index (χ2n) is 5.57. The predicted molar refractivity (Wildman–Crippen MR) is 81.1 cm³/mol. The molecule has 0 aliphatic heterocycles. The van der Waals surface area contributed by atoms with Crippen LogP contribution in [0.25, 0.3) is 0 Å². The van der Waals surface area contributed by atoms with Crippen molar-refractivity contribution >= 4 is 19.4 Å². The Kier molecular flexibility index (Phi) is 4.42. The molecular formula is C17H22OSe. The van der Waals surface area contributed by atoms with Crippen LogP contribution in [0, 0.1) is 0 Å². The minimum absolute atomic E-state index is 0.456. The van der Waals surface area contributed by atoms with Crippen molar-refractivity contribution < 1.29 is 4.74 Å². The van der Waals surface area contributed by atoms with E-state index in [1.807, 2.05) is 7.11 Å². The molecule has 0 amide bonds. The average molecular weight is 321 g/mol. The third-order valence-electron chi connectivity index (χ3n) is 4.35. The minimum atomic E-state index is 0.456. The number of hydrogen-bond donors (Lipinski definition) is 0. The Labute approximate surface area is 122 Å². The number of benzene rings is 1. The molecule has 2 atom stereocenters. The summed E-state index contributed by atoms with van der Waals surface area (Å²) in [4.78, 5) is 0.733. The van der Waals surface area contributed by atoms with Gasteiger partial charge in [-0.15, -0.1) is 0 Å². The van der Waals surface area contributed by atoms with E-state index in [4.69, 9.17) is 4.74 Å². The molecule has 0 saturated heterocycles. The summed E-state index contributed by atoms with van der Waals surface area (Å²) in [5.41, 5.74) is 3.51. The Morgan fingerprint density at radius 3 is 2.37 bits per heavy atom. The summed E-state index contributed by atoms with van der Waals surface area (Å²) in [7, 11) is 1.90. The van der Waals surface area contributed by atoms with Crippen molar-refractivity contribution in [3.8, 4) is 0 Å². The van der Waals surface area contributed by atoms with Gasteiger partial charge in [0, 0.05) is 0 Å². The number of allylic oxidation sites excluding steroid dienone is 1. The van der Waals surface area contributed by atoms with Crippen molar-refractivity contribution in [2.45, 2.75) is 49.4 Å². The van der Waals surface area contributed by atoms with Crippen LogP contribution < -0.4 is 4.46 Å². The molecule has 1 aromatic carbocycles. The Morgan fingerprint density at radius 1 is 1.00 bits per heavy atom. The molecule has 2 heteroatoms. The van der Waals surface area contributed by atoms with Gasteiger partial charge in [-0.1, -0.05) is 0 Å². The molecule has 0 saturated carbocycles. The Balaban J connectivity index is 1.75. The molecule has 1 nitrogen and oxygen atoms in total. The number of methoxy groups -OCH3 is 1. The van der Waals surface area contributed by atoms with E-state index in [0.29, 0.717) is 21.1 Å². The zero-order valence-electron chi connectivity index (χ0n) is 11.6. The van der Waals surface area contributed by atoms with Crippen LogP contribution in [0.5, 0.6) is 0 Å². The third-order valence-corrected chi connectivity index (χ3v) is 7.11. The van der Waals surface area contributed by atoms with Crippen molar-refractivity contribution in [2.75, 3.05) is 7.11 Å². The van der Waals surface area contributed by atoms with Gasteiger partial charge in [0.15, 0.2) is 0 Å². The van der Waals surface area contributed by atoms with Crippen LogP contribution in [0.15, 0.2) is 41.5 Å². The number of rotatable bonds is 3. The van der Waals surface area contributed by atoms with Gasteiger partial charge >= 0.3 is 122 Å². The van der Waals surface area contributed by atoms with Gasteiger partial charge in [0.25, 0.3) is 0 Å². The van der Waals surface area contributed by atoms with E-state index >= 15 is 0 Å². The van der Waals surface area contributed by atoms with Crippen molar-refractivity contribution in [1.82, 2.24) is 0 Å². The molecule has 0 radical (unpaired) electrons.